The smallest absolute Gasteiger partial charge is 0.279 e. The van der Waals surface area contributed by atoms with E-state index in [2.05, 4.69) is 4.99 Å². The third-order valence-corrected chi connectivity index (χ3v) is 5.01. The van der Waals surface area contributed by atoms with Crippen molar-refractivity contribution in [3.05, 3.63) is 52.8 Å². The average Bonchev–Trinajstić information content (AvgIpc) is 2.92. The summed E-state index contributed by atoms with van der Waals surface area (Å²) in [5, 5.41) is 0. The van der Waals surface area contributed by atoms with Crippen molar-refractivity contribution in [1.82, 2.24) is 4.57 Å². The number of carbonyl (C=O) groups excluding carboxylic acids is 1. The molecule has 25 heavy (non-hydrogen) atoms. The van der Waals surface area contributed by atoms with E-state index in [9.17, 15) is 4.79 Å². The number of amides is 1. The van der Waals surface area contributed by atoms with Gasteiger partial charge in [0.2, 0.25) is 0 Å². The lowest BCUT2D eigenvalue weighted by Crippen LogP contribution is -2.14. The number of aromatic nitrogens is 1. The lowest BCUT2D eigenvalue weighted by molar-refractivity contribution is 0.0998. The molecule has 0 saturated carbocycles. The molecule has 1 heterocycles. The molecule has 6 heteroatoms. The van der Waals surface area contributed by atoms with Crippen LogP contribution in [-0.2, 0) is 7.05 Å². The highest BCUT2D eigenvalue weighted by atomic mass is 32.1. The van der Waals surface area contributed by atoms with Crippen LogP contribution in [-0.4, -0.2) is 31.2 Å². The van der Waals surface area contributed by atoms with Crippen molar-refractivity contribution in [3.8, 4) is 5.75 Å². The van der Waals surface area contributed by atoms with Gasteiger partial charge in [-0.2, -0.15) is 4.99 Å². The minimum Gasteiger partial charge on any atom is -0.492 e. The molecule has 1 amide bonds. The van der Waals surface area contributed by atoms with Gasteiger partial charge >= 0.3 is 0 Å². The summed E-state index contributed by atoms with van der Waals surface area (Å²) < 4.78 is 8.65. The summed E-state index contributed by atoms with van der Waals surface area (Å²) in [4.78, 5) is 19.5. The van der Waals surface area contributed by atoms with Crippen molar-refractivity contribution in [2.75, 3.05) is 25.6 Å². The Morgan fingerprint density at radius 1 is 1.20 bits per heavy atom. The minimum absolute atomic E-state index is 0.245. The highest BCUT2D eigenvalue weighted by molar-refractivity contribution is 7.16. The molecule has 0 N–H and O–H groups in total. The minimum atomic E-state index is -0.245. The number of ether oxygens (including phenoxy) is 1. The van der Waals surface area contributed by atoms with Crippen molar-refractivity contribution >= 4 is 33.1 Å². The molecule has 0 aliphatic heterocycles. The van der Waals surface area contributed by atoms with Gasteiger partial charge in [0.05, 0.1) is 11.3 Å². The van der Waals surface area contributed by atoms with Gasteiger partial charge in [0.1, 0.15) is 11.3 Å². The van der Waals surface area contributed by atoms with Gasteiger partial charge < -0.3 is 14.2 Å². The Kier molecular flexibility index (Phi) is 4.90. The van der Waals surface area contributed by atoms with Crippen LogP contribution in [0.1, 0.15) is 17.3 Å². The summed E-state index contributed by atoms with van der Waals surface area (Å²) in [6, 6.07) is 13.3. The molecule has 0 fully saturated rings. The Morgan fingerprint density at radius 2 is 1.92 bits per heavy atom. The number of hydrogen-bond donors (Lipinski definition) is 0. The molecule has 0 unspecified atom stereocenters. The molecule has 0 spiro atoms. The number of aryl methyl sites for hydroxylation is 1. The summed E-state index contributed by atoms with van der Waals surface area (Å²) in [5.74, 6) is 0.563. The van der Waals surface area contributed by atoms with Crippen LogP contribution in [0.2, 0.25) is 0 Å². The summed E-state index contributed by atoms with van der Waals surface area (Å²) in [5.41, 5.74) is 2.59. The van der Waals surface area contributed by atoms with Crippen LogP contribution in [0.3, 0.4) is 0 Å². The highest BCUT2D eigenvalue weighted by Crippen LogP contribution is 2.26. The van der Waals surface area contributed by atoms with Crippen molar-refractivity contribution in [3.63, 3.8) is 0 Å². The number of fused-ring (bicyclic) bond motifs is 1. The number of nitrogens with zero attached hydrogens (tertiary/aromatic N) is 3. The number of rotatable bonds is 4. The quantitative estimate of drug-likeness (QED) is 0.720. The zero-order valence-electron chi connectivity index (χ0n) is 14.8. The normalized spacial score (nSPS) is 11.8. The SMILES string of the molecule is CCOc1cccc2sc(=NC(=O)c3ccc(N(C)C)cc3)n(C)c12. The fourth-order valence-corrected chi connectivity index (χ4v) is 3.64. The van der Waals surface area contributed by atoms with Crippen LogP contribution >= 0.6 is 11.3 Å². The van der Waals surface area contributed by atoms with Gasteiger partial charge in [-0.05, 0) is 43.3 Å². The van der Waals surface area contributed by atoms with E-state index in [1.165, 1.54) is 11.3 Å². The largest absolute Gasteiger partial charge is 0.492 e. The summed E-state index contributed by atoms with van der Waals surface area (Å²) in [6.07, 6.45) is 0. The van der Waals surface area contributed by atoms with Crippen LogP contribution in [0.15, 0.2) is 47.5 Å². The van der Waals surface area contributed by atoms with E-state index in [-0.39, 0.29) is 5.91 Å². The second-order valence-corrected chi connectivity index (χ2v) is 6.85. The molecule has 5 nitrogen and oxygen atoms in total. The Balaban J connectivity index is 2.02. The third-order valence-electron chi connectivity index (χ3n) is 3.91. The molecule has 130 valence electrons. The third kappa shape index (κ3) is 3.44. The lowest BCUT2D eigenvalue weighted by atomic mass is 10.2. The summed E-state index contributed by atoms with van der Waals surface area (Å²) in [6.45, 7) is 2.55. The molecule has 0 saturated heterocycles. The van der Waals surface area contributed by atoms with E-state index in [1.54, 1.807) is 12.1 Å². The fraction of sp³-hybridized carbons (Fsp3) is 0.263. The van der Waals surface area contributed by atoms with Crippen LogP contribution < -0.4 is 14.4 Å². The Hall–Kier alpha value is -2.60. The predicted octanol–water partition coefficient (Wildman–Crippen LogP) is 3.45. The van der Waals surface area contributed by atoms with Crippen LogP contribution in [0.4, 0.5) is 5.69 Å². The summed E-state index contributed by atoms with van der Waals surface area (Å²) in [7, 11) is 5.84. The molecule has 3 aromatic rings. The van der Waals surface area contributed by atoms with Gasteiger partial charge in [-0.15, -0.1) is 0 Å². The van der Waals surface area contributed by atoms with Gasteiger partial charge in [-0.25, -0.2) is 0 Å². The topological polar surface area (TPSA) is 46.8 Å². The number of para-hydroxylation sites is 1. The maximum absolute atomic E-state index is 12.5. The predicted molar refractivity (Wildman–Crippen MR) is 103 cm³/mol. The molecule has 0 aliphatic rings. The maximum atomic E-state index is 12.5. The van der Waals surface area contributed by atoms with Crippen molar-refractivity contribution < 1.29 is 9.53 Å². The monoisotopic (exact) mass is 355 g/mol. The van der Waals surface area contributed by atoms with E-state index in [4.69, 9.17) is 4.74 Å². The molecule has 1 aromatic heterocycles. The molecule has 3 rings (SSSR count). The average molecular weight is 355 g/mol. The zero-order valence-corrected chi connectivity index (χ0v) is 15.6. The Bertz CT molecular complexity index is 968. The van der Waals surface area contributed by atoms with Gasteiger partial charge in [0.15, 0.2) is 4.80 Å². The molecular formula is C19H21N3O2S. The van der Waals surface area contributed by atoms with Gasteiger partial charge in [-0.1, -0.05) is 17.4 Å². The van der Waals surface area contributed by atoms with Gasteiger partial charge in [-0.3, -0.25) is 4.79 Å². The van der Waals surface area contributed by atoms with Crippen LogP contribution in [0, 0.1) is 0 Å². The van der Waals surface area contributed by atoms with Crippen LogP contribution in [0.25, 0.3) is 10.2 Å². The fourth-order valence-electron chi connectivity index (χ4n) is 2.60. The molecule has 0 radical (unpaired) electrons. The lowest BCUT2D eigenvalue weighted by Gasteiger charge is -2.11. The van der Waals surface area contributed by atoms with Crippen molar-refractivity contribution in [2.45, 2.75) is 6.92 Å². The zero-order chi connectivity index (χ0) is 18.0. The Morgan fingerprint density at radius 3 is 2.56 bits per heavy atom. The van der Waals surface area contributed by atoms with E-state index >= 15 is 0 Å². The van der Waals surface area contributed by atoms with E-state index in [0.717, 1.165) is 21.7 Å². The first-order valence-electron chi connectivity index (χ1n) is 8.09. The van der Waals surface area contributed by atoms with E-state index in [0.29, 0.717) is 17.0 Å². The van der Waals surface area contributed by atoms with Gasteiger partial charge in [0, 0.05) is 32.4 Å². The van der Waals surface area contributed by atoms with Gasteiger partial charge in [0.25, 0.3) is 5.91 Å². The number of hydrogen-bond acceptors (Lipinski definition) is 4. The molecule has 0 atom stereocenters. The number of thiazole rings is 1. The van der Waals surface area contributed by atoms with Crippen LogP contribution in [0.5, 0.6) is 5.75 Å². The second-order valence-electron chi connectivity index (χ2n) is 5.84. The molecule has 0 aliphatic carbocycles. The number of anilines is 1. The Labute approximate surface area is 150 Å². The molecule has 0 bridgehead atoms. The maximum Gasteiger partial charge on any atom is 0.279 e. The molecule has 2 aromatic carbocycles. The van der Waals surface area contributed by atoms with E-state index in [1.807, 2.05) is 67.9 Å². The molecular weight excluding hydrogens is 334 g/mol. The van der Waals surface area contributed by atoms with Crippen molar-refractivity contribution in [2.24, 2.45) is 12.0 Å². The number of benzene rings is 2. The number of carbonyl (C=O) groups is 1. The second kappa shape index (κ2) is 7.11. The first-order valence-corrected chi connectivity index (χ1v) is 8.90. The summed E-state index contributed by atoms with van der Waals surface area (Å²) >= 11 is 1.48. The van der Waals surface area contributed by atoms with Crippen molar-refractivity contribution in [1.29, 1.82) is 0 Å². The highest BCUT2D eigenvalue weighted by Gasteiger charge is 2.11. The first kappa shape index (κ1) is 17.2. The first-order chi connectivity index (χ1) is 12.0. The van der Waals surface area contributed by atoms with E-state index < -0.39 is 0 Å². The standard InChI is InChI=1S/C19H21N3O2S/c1-5-24-15-7-6-8-16-17(15)22(4)19(25-16)20-18(23)13-9-11-14(12-10-13)21(2)3/h6-12H,5H2,1-4H3.